The SMILES string of the molecule is OCc1c(C(F)(F)F)sc2c1CCOC21CCN(Cc2cnn(CC(O)C3CCCO3)c2)CC1. The van der Waals surface area contributed by atoms with E-state index in [1.807, 2.05) is 6.20 Å². The van der Waals surface area contributed by atoms with Crippen LogP contribution >= 0.6 is 11.3 Å². The van der Waals surface area contributed by atoms with Gasteiger partial charge < -0.3 is 19.7 Å². The van der Waals surface area contributed by atoms with Crippen LogP contribution in [0, 0.1) is 0 Å². The van der Waals surface area contributed by atoms with E-state index < -0.39 is 29.4 Å². The van der Waals surface area contributed by atoms with Gasteiger partial charge in [-0.2, -0.15) is 18.3 Å². The zero-order chi connectivity index (χ0) is 23.9. The lowest BCUT2D eigenvalue weighted by molar-refractivity contribution is -0.135. The maximum absolute atomic E-state index is 13.6. The number of thiophene rings is 1. The van der Waals surface area contributed by atoms with E-state index in [9.17, 15) is 23.4 Å². The Kier molecular flexibility index (Phi) is 6.77. The molecule has 5 rings (SSSR count). The Morgan fingerprint density at radius 2 is 2.06 bits per heavy atom. The molecule has 0 aromatic carbocycles. The van der Waals surface area contributed by atoms with Gasteiger partial charge in [-0.25, -0.2) is 0 Å². The quantitative estimate of drug-likeness (QED) is 0.634. The number of nitrogens with zero attached hydrogens (tertiary/aromatic N) is 3. The first-order valence-electron chi connectivity index (χ1n) is 11.8. The van der Waals surface area contributed by atoms with Gasteiger partial charge in [-0.05, 0) is 37.7 Å². The number of alkyl halides is 3. The maximum atomic E-state index is 13.6. The second kappa shape index (κ2) is 9.51. The minimum absolute atomic E-state index is 0.0233. The van der Waals surface area contributed by atoms with Crippen LogP contribution < -0.4 is 0 Å². The van der Waals surface area contributed by atoms with Gasteiger partial charge in [0.05, 0.1) is 38.2 Å². The molecule has 0 radical (unpaired) electrons. The highest BCUT2D eigenvalue weighted by molar-refractivity contribution is 7.12. The lowest BCUT2D eigenvalue weighted by Gasteiger charge is -2.43. The number of piperidine rings is 1. The van der Waals surface area contributed by atoms with Crippen molar-refractivity contribution >= 4 is 11.3 Å². The predicted molar refractivity (Wildman–Crippen MR) is 118 cm³/mol. The number of rotatable bonds is 6. The summed E-state index contributed by atoms with van der Waals surface area (Å²) in [5.41, 5.74) is 0.970. The van der Waals surface area contributed by atoms with Gasteiger partial charge >= 0.3 is 6.18 Å². The van der Waals surface area contributed by atoms with E-state index in [-0.39, 0.29) is 11.7 Å². The molecule has 11 heteroatoms. The van der Waals surface area contributed by atoms with Crippen molar-refractivity contribution in [2.45, 2.75) is 75.8 Å². The van der Waals surface area contributed by atoms with E-state index in [4.69, 9.17) is 9.47 Å². The standard InChI is InChI=1S/C23H30F3N3O4S/c24-23(25,26)21-17(14-30)16-3-9-33-22(20(16)34-21)4-6-28(7-5-22)11-15-10-27-29(12-15)13-18(31)19-2-1-8-32-19/h10,12,18-19,30-31H,1-9,11,13-14H2. The van der Waals surface area contributed by atoms with Crippen LogP contribution in [0.1, 0.15) is 52.1 Å². The van der Waals surface area contributed by atoms with Crippen molar-refractivity contribution in [3.8, 4) is 0 Å². The van der Waals surface area contributed by atoms with Crippen molar-refractivity contribution in [3.63, 3.8) is 0 Å². The van der Waals surface area contributed by atoms with Crippen molar-refractivity contribution in [1.29, 1.82) is 0 Å². The van der Waals surface area contributed by atoms with Gasteiger partial charge in [0.15, 0.2) is 0 Å². The summed E-state index contributed by atoms with van der Waals surface area (Å²) in [6, 6.07) is 0. The molecule has 0 bridgehead atoms. The molecule has 0 amide bonds. The van der Waals surface area contributed by atoms with Crippen LogP contribution in [0.2, 0.25) is 0 Å². The van der Waals surface area contributed by atoms with E-state index in [0.717, 1.165) is 29.7 Å². The molecule has 0 saturated carbocycles. The number of fused-ring (bicyclic) bond motifs is 2. The first kappa shape index (κ1) is 24.2. The second-order valence-electron chi connectivity index (χ2n) is 9.43. The molecule has 2 aromatic rings. The highest BCUT2D eigenvalue weighted by Crippen LogP contribution is 2.50. The predicted octanol–water partition coefficient (Wildman–Crippen LogP) is 3.06. The fourth-order valence-electron chi connectivity index (χ4n) is 5.45. The lowest BCUT2D eigenvalue weighted by Crippen LogP contribution is -2.45. The molecular formula is C23H30F3N3O4S. The van der Waals surface area contributed by atoms with Crippen molar-refractivity contribution in [1.82, 2.24) is 14.7 Å². The average molecular weight is 502 g/mol. The van der Waals surface area contributed by atoms with Gasteiger partial charge in [0.25, 0.3) is 0 Å². The normalized spacial score (nSPS) is 24.0. The summed E-state index contributed by atoms with van der Waals surface area (Å²) in [5.74, 6) is 0. The minimum Gasteiger partial charge on any atom is -0.392 e. The molecule has 7 nitrogen and oxygen atoms in total. The molecule has 0 aliphatic carbocycles. The van der Waals surface area contributed by atoms with Gasteiger partial charge in [-0.3, -0.25) is 9.58 Å². The van der Waals surface area contributed by atoms with E-state index in [1.165, 1.54) is 0 Å². The number of hydrogen-bond donors (Lipinski definition) is 2. The molecule has 2 N–H and O–H groups in total. The van der Waals surface area contributed by atoms with Crippen LogP contribution in [0.4, 0.5) is 13.2 Å². The molecule has 188 valence electrons. The van der Waals surface area contributed by atoms with E-state index >= 15 is 0 Å². The molecule has 5 heterocycles. The molecule has 2 fully saturated rings. The maximum Gasteiger partial charge on any atom is 0.425 e. The molecule has 2 unspecified atom stereocenters. The molecule has 3 aliphatic heterocycles. The molecular weight excluding hydrogens is 471 g/mol. The number of halogens is 3. The monoisotopic (exact) mass is 501 g/mol. The summed E-state index contributed by atoms with van der Waals surface area (Å²) < 4.78 is 54.1. The fraction of sp³-hybridized carbons (Fsp3) is 0.696. The molecule has 34 heavy (non-hydrogen) atoms. The molecule has 3 aliphatic rings. The highest BCUT2D eigenvalue weighted by Gasteiger charge is 2.47. The summed E-state index contributed by atoms with van der Waals surface area (Å²) in [6.07, 6.45) is 1.99. The first-order chi connectivity index (χ1) is 16.3. The Morgan fingerprint density at radius 1 is 1.26 bits per heavy atom. The Balaban J connectivity index is 1.23. The van der Waals surface area contributed by atoms with Crippen LogP contribution in [0.15, 0.2) is 12.4 Å². The van der Waals surface area contributed by atoms with Crippen LogP contribution in [-0.4, -0.2) is 63.4 Å². The zero-order valence-corrected chi connectivity index (χ0v) is 19.7. The summed E-state index contributed by atoms with van der Waals surface area (Å²) in [7, 11) is 0. The number of aliphatic hydroxyl groups is 2. The van der Waals surface area contributed by atoms with Crippen molar-refractivity contribution < 1.29 is 32.9 Å². The number of ether oxygens (including phenoxy) is 2. The third-order valence-electron chi connectivity index (χ3n) is 7.20. The van der Waals surface area contributed by atoms with E-state index in [2.05, 4.69) is 10.00 Å². The Labute approximate surface area is 200 Å². The number of aliphatic hydroxyl groups excluding tert-OH is 2. The summed E-state index contributed by atoms with van der Waals surface area (Å²) in [5, 5.41) is 24.4. The number of aromatic nitrogens is 2. The zero-order valence-electron chi connectivity index (χ0n) is 18.9. The highest BCUT2D eigenvalue weighted by atomic mass is 32.1. The number of hydrogen-bond acceptors (Lipinski definition) is 7. The lowest BCUT2D eigenvalue weighted by atomic mass is 9.84. The van der Waals surface area contributed by atoms with Gasteiger partial charge in [-0.1, -0.05) is 0 Å². The Hall–Kier alpha value is -1.50. The smallest absolute Gasteiger partial charge is 0.392 e. The Bertz CT molecular complexity index is 994. The first-order valence-corrected chi connectivity index (χ1v) is 12.6. The third-order valence-corrected chi connectivity index (χ3v) is 8.71. The van der Waals surface area contributed by atoms with Crippen LogP contribution in [0.25, 0.3) is 0 Å². The second-order valence-corrected chi connectivity index (χ2v) is 10.5. The van der Waals surface area contributed by atoms with Crippen molar-refractivity contribution in [2.24, 2.45) is 0 Å². The summed E-state index contributed by atoms with van der Waals surface area (Å²) in [4.78, 5) is 2.21. The van der Waals surface area contributed by atoms with E-state index in [0.29, 0.717) is 69.1 Å². The van der Waals surface area contributed by atoms with Gasteiger partial charge in [-0.15, -0.1) is 11.3 Å². The van der Waals surface area contributed by atoms with E-state index in [1.54, 1.807) is 10.9 Å². The summed E-state index contributed by atoms with van der Waals surface area (Å²) in [6.45, 7) is 2.91. The van der Waals surface area contributed by atoms with Crippen LogP contribution in [0.3, 0.4) is 0 Å². The third kappa shape index (κ3) is 4.66. The van der Waals surface area contributed by atoms with Gasteiger partial charge in [0.2, 0.25) is 0 Å². The molecule has 2 saturated heterocycles. The van der Waals surface area contributed by atoms with Crippen molar-refractivity contribution in [3.05, 3.63) is 38.8 Å². The van der Waals surface area contributed by atoms with Crippen LogP contribution in [0.5, 0.6) is 0 Å². The van der Waals surface area contributed by atoms with Crippen LogP contribution in [-0.2, 0) is 47.4 Å². The number of likely N-dealkylation sites (tertiary alicyclic amines) is 1. The Morgan fingerprint density at radius 3 is 2.74 bits per heavy atom. The fourth-order valence-corrected chi connectivity index (χ4v) is 6.88. The molecule has 1 spiro atoms. The average Bonchev–Trinajstić information content (AvgIpc) is 3.55. The topological polar surface area (TPSA) is 80.0 Å². The molecule has 2 aromatic heterocycles. The van der Waals surface area contributed by atoms with Crippen molar-refractivity contribution in [2.75, 3.05) is 26.3 Å². The van der Waals surface area contributed by atoms with Gasteiger partial charge in [0, 0.05) is 48.4 Å². The molecule has 2 atom stereocenters. The largest absolute Gasteiger partial charge is 0.425 e. The minimum atomic E-state index is -4.47. The van der Waals surface area contributed by atoms with Gasteiger partial charge in [0.1, 0.15) is 10.5 Å². The summed E-state index contributed by atoms with van der Waals surface area (Å²) >= 11 is 0.748.